The Labute approximate surface area is 117 Å². The highest BCUT2D eigenvalue weighted by Crippen LogP contribution is 2.30. The number of amides is 1. The van der Waals surface area contributed by atoms with Crippen LogP contribution in [-0.4, -0.2) is 44.7 Å². The van der Waals surface area contributed by atoms with Crippen LogP contribution in [0.3, 0.4) is 0 Å². The molecular weight excluding hydrogens is 264 g/mol. The maximum Gasteiger partial charge on any atom is 0.230 e. The van der Waals surface area contributed by atoms with E-state index in [1.54, 1.807) is 18.4 Å². The first kappa shape index (κ1) is 14.1. The Morgan fingerprint density at radius 1 is 1.58 bits per heavy atom. The van der Waals surface area contributed by atoms with Crippen LogP contribution >= 0.6 is 11.3 Å². The second-order valence-electron chi connectivity index (χ2n) is 4.74. The van der Waals surface area contributed by atoms with E-state index in [0.717, 1.165) is 23.0 Å². The van der Waals surface area contributed by atoms with Crippen molar-refractivity contribution in [3.63, 3.8) is 0 Å². The van der Waals surface area contributed by atoms with E-state index in [-0.39, 0.29) is 5.91 Å². The normalized spacial score (nSPS) is 19.1. The Kier molecular flexibility index (Phi) is 4.60. The van der Waals surface area contributed by atoms with Crippen LogP contribution in [0.5, 0.6) is 5.88 Å². The predicted octanol–water partition coefficient (Wildman–Crippen LogP) is 0.586. The van der Waals surface area contributed by atoms with E-state index in [9.17, 15) is 4.79 Å². The van der Waals surface area contributed by atoms with Gasteiger partial charge in [-0.05, 0) is 6.42 Å². The number of nitrogens with zero attached hydrogens (tertiary/aromatic N) is 2. The third-order valence-electron chi connectivity index (χ3n) is 3.04. The van der Waals surface area contributed by atoms with Gasteiger partial charge in [0, 0.05) is 39.6 Å². The predicted molar refractivity (Wildman–Crippen MR) is 75.9 cm³/mol. The fraction of sp³-hybridized carbons (Fsp3) is 0.667. The second kappa shape index (κ2) is 6.21. The van der Waals surface area contributed by atoms with Crippen molar-refractivity contribution in [2.24, 2.45) is 0 Å². The molecule has 1 atom stereocenters. The fourth-order valence-electron chi connectivity index (χ4n) is 1.93. The van der Waals surface area contributed by atoms with E-state index in [2.05, 4.69) is 15.6 Å². The summed E-state index contributed by atoms with van der Waals surface area (Å²) in [5, 5.41) is 7.25. The molecule has 2 heterocycles. The van der Waals surface area contributed by atoms with Gasteiger partial charge in [0.15, 0.2) is 5.13 Å². The van der Waals surface area contributed by atoms with Gasteiger partial charge in [0.2, 0.25) is 11.8 Å². The first-order valence-corrected chi connectivity index (χ1v) is 7.13. The Morgan fingerprint density at radius 2 is 2.37 bits per heavy atom. The van der Waals surface area contributed by atoms with Crippen LogP contribution in [0, 0.1) is 0 Å². The molecule has 1 aliphatic heterocycles. The minimum Gasteiger partial charge on any atom is -0.480 e. The number of anilines is 1. The molecule has 0 aliphatic carbocycles. The Hall–Kier alpha value is -1.34. The lowest BCUT2D eigenvalue weighted by Gasteiger charge is -2.23. The van der Waals surface area contributed by atoms with Crippen LogP contribution in [0.25, 0.3) is 0 Å². The van der Waals surface area contributed by atoms with E-state index in [1.807, 2.05) is 19.0 Å². The van der Waals surface area contributed by atoms with Gasteiger partial charge in [-0.1, -0.05) is 11.3 Å². The molecule has 6 nitrogen and oxygen atoms in total. The number of methoxy groups -OCH3 is 1. The number of ether oxygens (including phenoxy) is 1. The summed E-state index contributed by atoms with van der Waals surface area (Å²) in [6.07, 6.45) is 1.48. The first-order chi connectivity index (χ1) is 9.10. The lowest BCUT2D eigenvalue weighted by atomic mass is 10.1. The maximum absolute atomic E-state index is 11.1. The smallest absolute Gasteiger partial charge is 0.230 e. The average molecular weight is 284 g/mol. The second-order valence-corrected chi connectivity index (χ2v) is 5.81. The van der Waals surface area contributed by atoms with Gasteiger partial charge >= 0.3 is 0 Å². The van der Waals surface area contributed by atoms with Gasteiger partial charge in [-0.3, -0.25) is 4.79 Å². The van der Waals surface area contributed by atoms with Crippen molar-refractivity contribution in [3.8, 4) is 5.88 Å². The molecule has 0 spiro atoms. The third-order valence-corrected chi connectivity index (χ3v) is 4.25. The SMILES string of the molecule is COc1nc(N(C)C)sc1CNC1CCC(=O)NC1. The van der Waals surface area contributed by atoms with Crippen LogP contribution < -0.4 is 20.3 Å². The van der Waals surface area contributed by atoms with Gasteiger partial charge in [0.05, 0.1) is 12.0 Å². The molecule has 1 aromatic rings. The van der Waals surface area contributed by atoms with Crippen LogP contribution in [0.1, 0.15) is 17.7 Å². The molecule has 106 valence electrons. The van der Waals surface area contributed by atoms with Crippen molar-refractivity contribution in [3.05, 3.63) is 4.88 Å². The molecule has 2 rings (SSSR count). The molecule has 1 saturated heterocycles. The summed E-state index contributed by atoms with van der Waals surface area (Å²) in [5.41, 5.74) is 0. The quantitative estimate of drug-likeness (QED) is 0.828. The summed E-state index contributed by atoms with van der Waals surface area (Å²) in [6, 6.07) is 0.326. The summed E-state index contributed by atoms with van der Waals surface area (Å²) in [4.78, 5) is 18.6. The zero-order valence-corrected chi connectivity index (χ0v) is 12.3. The third kappa shape index (κ3) is 3.57. The number of carbonyl (C=O) groups excluding carboxylic acids is 1. The number of nitrogens with one attached hydrogen (secondary N) is 2. The molecule has 0 radical (unpaired) electrons. The monoisotopic (exact) mass is 284 g/mol. The van der Waals surface area contributed by atoms with E-state index in [1.165, 1.54) is 0 Å². The van der Waals surface area contributed by atoms with Gasteiger partial charge in [-0.15, -0.1) is 0 Å². The molecule has 19 heavy (non-hydrogen) atoms. The number of hydrogen-bond acceptors (Lipinski definition) is 6. The molecule has 1 aliphatic rings. The number of hydrogen-bond donors (Lipinski definition) is 2. The molecule has 0 aromatic carbocycles. The van der Waals surface area contributed by atoms with Crippen molar-refractivity contribution in [2.75, 3.05) is 32.6 Å². The van der Waals surface area contributed by atoms with Gasteiger partial charge in [0.1, 0.15) is 0 Å². The fourth-order valence-corrected chi connectivity index (χ4v) is 2.84. The Balaban J connectivity index is 1.93. The summed E-state index contributed by atoms with van der Waals surface area (Å²) in [5.74, 6) is 0.823. The van der Waals surface area contributed by atoms with Crippen molar-refractivity contribution in [1.29, 1.82) is 0 Å². The highest BCUT2D eigenvalue weighted by molar-refractivity contribution is 7.15. The zero-order chi connectivity index (χ0) is 13.8. The van der Waals surface area contributed by atoms with Crippen molar-refractivity contribution in [1.82, 2.24) is 15.6 Å². The van der Waals surface area contributed by atoms with E-state index in [4.69, 9.17) is 4.74 Å². The summed E-state index contributed by atoms with van der Waals surface area (Å²) in [6.45, 7) is 1.41. The van der Waals surface area contributed by atoms with Crippen LogP contribution in [0.2, 0.25) is 0 Å². The maximum atomic E-state index is 11.1. The largest absolute Gasteiger partial charge is 0.480 e. The standard InChI is InChI=1S/C12H20N4O2S/c1-16(2)12-15-11(18-3)9(19-12)7-13-8-4-5-10(17)14-6-8/h8,13H,4-7H2,1-3H3,(H,14,17). The molecule has 1 aromatic heterocycles. The van der Waals surface area contributed by atoms with Crippen molar-refractivity contribution >= 4 is 22.4 Å². The summed E-state index contributed by atoms with van der Waals surface area (Å²) in [7, 11) is 5.57. The number of aromatic nitrogens is 1. The lowest BCUT2D eigenvalue weighted by Crippen LogP contribution is -2.45. The summed E-state index contributed by atoms with van der Waals surface area (Å²) < 4.78 is 5.30. The first-order valence-electron chi connectivity index (χ1n) is 6.31. The van der Waals surface area contributed by atoms with Crippen molar-refractivity contribution < 1.29 is 9.53 Å². The minimum absolute atomic E-state index is 0.142. The lowest BCUT2D eigenvalue weighted by molar-refractivity contribution is -0.122. The number of rotatable bonds is 5. The van der Waals surface area contributed by atoms with Gasteiger partial charge in [0.25, 0.3) is 0 Å². The van der Waals surface area contributed by atoms with E-state index in [0.29, 0.717) is 24.9 Å². The number of thiazole rings is 1. The van der Waals surface area contributed by atoms with Crippen molar-refractivity contribution in [2.45, 2.75) is 25.4 Å². The molecule has 1 unspecified atom stereocenters. The molecule has 0 bridgehead atoms. The van der Waals surface area contributed by atoms with E-state index < -0.39 is 0 Å². The molecule has 1 amide bonds. The van der Waals surface area contributed by atoms with Crippen LogP contribution in [-0.2, 0) is 11.3 Å². The minimum atomic E-state index is 0.142. The number of carbonyl (C=O) groups is 1. The molecule has 1 fully saturated rings. The topological polar surface area (TPSA) is 66.5 Å². The van der Waals surface area contributed by atoms with Gasteiger partial charge in [-0.2, -0.15) is 4.98 Å². The molecular formula is C12H20N4O2S. The Morgan fingerprint density at radius 3 is 2.95 bits per heavy atom. The highest BCUT2D eigenvalue weighted by atomic mass is 32.1. The highest BCUT2D eigenvalue weighted by Gasteiger charge is 2.19. The van der Waals surface area contributed by atoms with Gasteiger partial charge in [-0.25, -0.2) is 0 Å². The number of piperidine rings is 1. The van der Waals surface area contributed by atoms with Gasteiger partial charge < -0.3 is 20.3 Å². The van der Waals surface area contributed by atoms with E-state index >= 15 is 0 Å². The zero-order valence-electron chi connectivity index (χ0n) is 11.5. The summed E-state index contributed by atoms with van der Waals surface area (Å²) >= 11 is 1.62. The molecule has 0 saturated carbocycles. The van der Waals surface area contributed by atoms with Crippen LogP contribution in [0.15, 0.2) is 0 Å². The molecule has 2 N–H and O–H groups in total. The van der Waals surface area contributed by atoms with Crippen LogP contribution in [0.4, 0.5) is 5.13 Å². The Bertz CT molecular complexity index is 437. The average Bonchev–Trinajstić information content (AvgIpc) is 2.81. The molecule has 7 heteroatoms.